The Hall–Kier alpha value is -2.22. The fourth-order valence-electron chi connectivity index (χ4n) is 7.34. The van der Waals surface area contributed by atoms with E-state index in [-0.39, 0.29) is 41.3 Å². The Bertz CT molecular complexity index is 1100. The lowest BCUT2D eigenvalue weighted by molar-refractivity contribution is -0.143. The number of nitrogens with zero attached hydrogens (tertiary/aromatic N) is 3. The van der Waals surface area contributed by atoms with Gasteiger partial charge in [0.25, 0.3) is 0 Å². The summed E-state index contributed by atoms with van der Waals surface area (Å²) < 4.78 is 35.5. The van der Waals surface area contributed by atoms with E-state index in [1.54, 1.807) is 20.8 Å². The molecule has 0 radical (unpaired) electrons. The molecule has 3 saturated heterocycles. The number of ether oxygens (including phenoxy) is 1. The smallest absolute Gasteiger partial charge is 0.228 e. The van der Waals surface area contributed by atoms with Gasteiger partial charge in [-0.3, -0.25) is 9.59 Å². The van der Waals surface area contributed by atoms with E-state index in [4.69, 9.17) is 4.74 Å². The molecule has 1 aromatic rings. The maximum atomic E-state index is 15.5. The highest BCUT2D eigenvalue weighted by molar-refractivity contribution is 5.82. The fraction of sp³-hybridized carbons (Fsp3) is 0.750. The molecular formula is C32H47F2N3O3. The molecule has 6 nitrogen and oxygen atoms in total. The normalized spacial score (nSPS) is 27.4. The van der Waals surface area contributed by atoms with Gasteiger partial charge >= 0.3 is 0 Å². The minimum Gasteiger partial charge on any atom is -0.381 e. The van der Waals surface area contributed by atoms with Gasteiger partial charge in [-0.2, -0.15) is 0 Å². The molecule has 1 aromatic carbocycles. The summed E-state index contributed by atoms with van der Waals surface area (Å²) in [5.74, 6) is -1.08. The SMILES string of the molecule is CC1(C)CCC(N(C(=O)C2CCOC2)[C@H]2CCN(C(=O)[C@H]3CCN(c4ccc(F)c(C(C)(C)C)c4F)C3)C2)CC1. The zero-order valence-corrected chi connectivity index (χ0v) is 25.0. The summed E-state index contributed by atoms with van der Waals surface area (Å²) in [7, 11) is 0. The van der Waals surface area contributed by atoms with Crippen molar-refractivity contribution >= 4 is 17.5 Å². The van der Waals surface area contributed by atoms with Crippen molar-refractivity contribution in [2.45, 2.75) is 97.1 Å². The van der Waals surface area contributed by atoms with Crippen LogP contribution >= 0.6 is 0 Å². The van der Waals surface area contributed by atoms with E-state index in [0.717, 1.165) is 38.5 Å². The zero-order valence-electron chi connectivity index (χ0n) is 25.0. The molecule has 0 spiro atoms. The van der Waals surface area contributed by atoms with Crippen LogP contribution in [0, 0.1) is 28.9 Å². The molecular weight excluding hydrogens is 512 g/mol. The summed E-state index contributed by atoms with van der Waals surface area (Å²) in [6.45, 7) is 13.4. The molecule has 2 amide bonds. The van der Waals surface area contributed by atoms with Crippen LogP contribution < -0.4 is 4.90 Å². The van der Waals surface area contributed by atoms with E-state index in [9.17, 15) is 14.0 Å². The molecule has 40 heavy (non-hydrogen) atoms. The van der Waals surface area contributed by atoms with Crippen molar-refractivity contribution in [1.82, 2.24) is 9.80 Å². The highest BCUT2D eigenvalue weighted by Gasteiger charge is 2.43. The van der Waals surface area contributed by atoms with Crippen LogP contribution in [0.3, 0.4) is 0 Å². The van der Waals surface area contributed by atoms with E-state index < -0.39 is 17.0 Å². The molecule has 8 heteroatoms. The molecule has 3 heterocycles. The topological polar surface area (TPSA) is 53.1 Å². The second-order valence-electron chi connectivity index (χ2n) is 14.4. The molecule has 0 N–H and O–H groups in total. The summed E-state index contributed by atoms with van der Waals surface area (Å²) in [6.07, 6.45) is 6.43. The molecule has 4 fully saturated rings. The maximum absolute atomic E-state index is 15.5. The lowest BCUT2D eigenvalue weighted by atomic mass is 9.75. The van der Waals surface area contributed by atoms with Crippen molar-refractivity contribution in [3.63, 3.8) is 0 Å². The largest absolute Gasteiger partial charge is 0.381 e. The van der Waals surface area contributed by atoms with Gasteiger partial charge in [-0.25, -0.2) is 8.78 Å². The summed E-state index contributed by atoms with van der Waals surface area (Å²) >= 11 is 0. The number of hydrogen-bond acceptors (Lipinski definition) is 4. The van der Waals surface area contributed by atoms with Crippen LogP contribution in [0.1, 0.15) is 85.1 Å². The summed E-state index contributed by atoms with van der Waals surface area (Å²) in [5.41, 5.74) is 0.110. The van der Waals surface area contributed by atoms with E-state index in [1.807, 2.05) is 9.80 Å². The van der Waals surface area contributed by atoms with Crippen molar-refractivity contribution in [3.05, 3.63) is 29.3 Å². The number of halogens is 2. The predicted molar refractivity (Wildman–Crippen MR) is 152 cm³/mol. The molecule has 5 rings (SSSR count). The molecule has 1 unspecified atom stereocenters. The van der Waals surface area contributed by atoms with E-state index in [1.165, 1.54) is 12.1 Å². The van der Waals surface area contributed by atoms with Gasteiger partial charge in [0.1, 0.15) is 5.82 Å². The minimum absolute atomic E-state index is 0.0321. The highest BCUT2D eigenvalue weighted by atomic mass is 19.1. The Morgan fingerprint density at radius 3 is 2.33 bits per heavy atom. The van der Waals surface area contributed by atoms with Crippen LogP contribution in [0.2, 0.25) is 0 Å². The van der Waals surface area contributed by atoms with Crippen molar-refractivity contribution in [3.8, 4) is 0 Å². The first-order chi connectivity index (χ1) is 18.9. The number of carbonyl (C=O) groups excluding carboxylic acids is 2. The third-order valence-electron chi connectivity index (χ3n) is 9.80. The van der Waals surface area contributed by atoms with E-state index in [0.29, 0.717) is 56.9 Å². The Labute approximate surface area is 238 Å². The monoisotopic (exact) mass is 559 g/mol. The first-order valence-corrected chi connectivity index (χ1v) is 15.3. The third kappa shape index (κ3) is 5.88. The van der Waals surface area contributed by atoms with Crippen LogP contribution in [-0.4, -0.2) is 73.1 Å². The van der Waals surface area contributed by atoms with Crippen molar-refractivity contribution in [2.75, 3.05) is 44.3 Å². The van der Waals surface area contributed by atoms with Crippen LogP contribution in [0.4, 0.5) is 14.5 Å². The molecule has 1 aliphatic carbocycles. The Morgan fingerprint density at radius 1 is 0.950 bits per heavy atom. The second-order valence-corrected chi connectivity index (χ2v) is 14.4. The third-order valence-corrected chi connectivity index (χ3v) is 9.80. The number of rotatable bonds is 5. The molecule has 3 atom stereocenters. The lowest BCUT2D eigenvalue weighted by Crippen LogP contribution is -2.52. The van der Waals surface area contributed by atoms with Gasteiger partial charge < -0.3 is 19.4 Å². The van der Waals surface area contributed by atoms with Gasteiger partial charge in [0, 0.05) is 44.4 Å². The first kappa shape index (κ1) is 29.3. The van der Waals surface area contributed by atoms with Crippen molar-refractivity contribution in [1.29, 1.82) is 0 Å². The standard InChI is InChI=1S/C32H47F2N3O3/c1-31(2,3)27-25(33)6-7-26(28(27)34)35-15-10-21(18-35)29(38)36-16-11-24(19-36)37(30(39)22-12-17-40-20-22)23-8-13-32(4,5)14-9-23/h6-7,21-24H,8-20H2,1-5H3/t21-,22?,24-/m0/s1. The molecule has 222 valence electrons. The number of amides is 2. The number of likely N-dealkylation sites (tertiary alicyclic amines) is 1. The molecule has 4 aliphatic rings. The minimum atomic E-state index is -0.661. The average molecular weight is 560 g/mol. The van der Waals surface area contributed by atoms with Crippen molar-refractivity contribution in [2.24, 2.45) is 17.3 Å². The Kier molecular flexibility index (Phi) is 8.21. The predicted octanol–water partition coefficient (Wildman–Crippen LogP) is 5.52. The molecule has 0 aromatic heterocycles. The van der Waals surface area contributed by atoms with Crippen molar-refractivity contribution < 1.29 is 23.1 Å². The zero-order chi connectivity index (χ0) is 28.8. The molecule has 0 bridgehead atoms. The lowest BCUT2D eigenvalue weighted by Gasteiger charge is -2.43. The first-order valence-electron chi connectivity index (χ1n) is 15.3. The van der Waals surface area contributed by atoms with Gasteiger partial charge in [-0.15, -0.1) is 0 Å². The quantitative estimate of drug-likeness (QED) is 0.477. The second kappa shape index (κ2) is 11.2. The van der Waals surface area contributed by atoms with Gasteiger partial charge in [-0.1, -0.05) is 34.6 Å². The van der Waals surface area contributed by atoms with Gasteiger partial charge in [0.2, 0.25) is 11.8 Å². The van der Waals surface area contributed by atoms with Gasteiger partial charge in [-0.05, 0) is 67.9 Å². The Morgan fingerprint density at radius 2 is 1.68 bits per heavy atom. The summed E-state index contributed by atoms with van der Waals surface area (Å²) in [4.78, 5) is 33.4. The van der Waals surface area contributed by atoms with Gasteiger partial charge in [0.15, 0.2) is 5.82 Å². The van der Waals surface area contributed by atoms with Crippen LogP contribution in [0.25, 0.3) is 0 Å². The van der Waals surface area contributed by atoms with Crippen LogP contribution in [0.15, 0.2) is 12.1 Å². The average Bonchev–Trinajstić information content (AvgIpc) is 3.66. The van der Waals surface area contributed by atoms with E-state index >= 15 is 4.39 Å². The Balaban J connectivity index is 1.26. The molecule has 1 saturated carbocycles. The number of carbonyl (C=O) groups is 2. The maximum Gasteiger partial charge on any atom is 0.228 e. The molecule has 3 aliphatic heterocycles. The highest BCUT2D eigenvalue weighted by Crippen LogP contribution is 2.40. The summed E-state index contributed by atoms with van der Waals surface area (Å²) in [5, 5.41) is 0. The fourth-order valence-corrected chi connectivity index (χ4v) is 7.34. The van der Waals surface area contributed by atoms with E-state index in [2.05, 4.69) is 18.7 Å². The summed E-state index contributed by atoms with van der Waals surface area (Å²) in [6, 6.07) is 3.10. The number of anilines is 1. The van der Waals surface area contributed by atoms with Crippen LogP contribution in [-0.2, 0) is 19.7 Å². The van der Waals surface area contributed by atoms with Gasteiger partial charge in [0.05, 0.1) is 30.2 Å². The number of hydrogen-bond donors (Lipinski definition) is 0. The van der Waals surface area contributed by atoms with Crippen LogP contribution in [0.5, 0.6) is 0 Å². The number of benzene rings is 1.